The lowest BCUT2D eigenvalue weighted by atomic mass is 10.3. The van der Waals surface area contributed by atoms with Gasteiger partial charge in [0.2, 0.25) is 5.91 Å². The van der Waals surface area contributed by atoms with Crippen LogP contribution < -0.4 is 16.8 Å². The van der Waals surface area contributed by atoms with E-state index in [0.717, 1.165) is 0 Å². The Labute approximate surface area is 92.1 Å². The summed E-state index contributed by atoms with van der Waals surface area (Å²) >= 11 is 4.72. The van der Waals surface area contributed by atoms with Crippen LogP contribution in [0.1, 0.15) is 12.6 Å². The standard InChI is InChI=1S/C8H11N5OS/c1-4(7(9)14)13-6-3-11-5(2-12-6)8(10)15/h2-4H,1H3,(H2,9,14)(H2,10,15)(H,12,13). The molecular formula is C8H11N5OS. The van der Waals surface area contributed by atoms with Crippen molar-refractivity contribution in [2.24, 2.45) is 11.5 Å². The van der Waals surface area contributed by atoms with E-state index in [2.05, 4.69) is 15.3 Å². The summed E-state index contributed by atoms with van der Waals surface area (Å²) < 4.78 is 0. The van der Waals surface area contributed by atoms with Crippen molar-refractivity contribution in [3.05, 3.63) is 18.1 Å². The third-order valence-electron chi connectivity index (χ3n) is 1.70. The molecule has 7 heteroatoms. The molecule has 0 saturated heterocycles. The van der Waals surface area contributed by atoms with Crippen LogP contribution in [0.2, 0.25) is 0 Å². The Hall–Kier alpha value is -1.76. The van der Waals surface area contributed by atoms with E-state index in [1.807, 2.05) is 0 Å². The second kappa shape index (κ2) is 4.65. The van der Waals surface area contributed by atoms with Crippen molar-refractivity contribution in [3.8, 4) is 0 Å². The smallest absolute Gasteiger partial charge is 0.239 e. The lowest BCUT2D eigenvalue weighted by Crippen LogP contribution is -2.32. The highest BCUT2D eigenvalue weighted by atomic mass is 32.1. The van der Waals surface area contributed by atoms with Crippen LogP contribution in [0.4, 0.5) is 5.82 Å². The largest absolute Gasteiger partial charge is 0.388 e. The van der Waals surface area contributed by atoms with Gasteiger partial charge in [-0.2, -0.15) is 0 Å². The summed E-state index contributed by atoms with van der Waals surface area (Å²) in [5.41, 5.74) is 10.9. The Morgan fingerprint density at radius 2 is 2.13 bits per heavy atom. The Morgan fingerprint density at radius 1 is 1.47 bits per heavy atom. The second-order valence-electron chi connectivity index (χ2n) is 2.92. The molecule has 1 unspecified atom stereocenters. The van der Waals surface area contributed by atoms with Gasteiger partial charge in [0.15, 0.2) is 0 Å². The van der Waals surface area contributed by atoms with Gasteiger partial charge in [0.1, 0.15) is 22.5 Å². The second-order valence-corrected chi connectivity index (χ2v) is 3.36. The van der Waals surface area contributed by atoms with E-state index in [1.165, 1.54) is 12.4 Å². The number of nitrogens with one attached hydrogen (secondary N) is 1. The van der Waals surface area contributed by atoms with Crippen LogP contribution >= 0.6 is 12.2 Å². The molecule has 5 N–H and O–H groups in total. The minimum Gasteiger partial charge on any atom is -0.388 e. The molecule has 1 aromatic rings. The average Bonchev–Trinajstić information content (AvgIpc) is 2.18. The summed E-state index contributed by atoms with van der Waals surface area (Å²) in [6, 6.07) is -0.505. The van der Waals surface area contributed by atoms with Gasteiger partial charge < -0.3 is 16.8 Å². The lowest BCUT2D eigenvalue weighted by molar-refractivity contribution is -0.118. The van der Waals surface area contributed by atoms with Gasteiger partial charge in [0.05, 0.1) is 12.4 Å². The van der Waals surface area contributed by atoms with Crippen molar-refractivity contribution in [2.75, 3.05) is 5.32 Å². The Morgan fingerprint density at radius 3 is 2.53 bits per heavy atom. The Bertz CT molecular complexity index is 377. The number of carbonyl (C=O) groups excluding carboxylic acids is 1. The number of carbonyl (C=O) groups is 1. The molecule has 15 heavy (non-hydrogen) atoms. The van der Waals surface area contributed by atoms with Gasteiger partial charge in [0, 0.05) is 0 Å². The van der Waals surface area contributed by atoms with Crippen LogP contribution in [0.15, 0.2) is 12.4 Å². The molecule has 0 saturated carbocycles. The van der Waals surface area contributed by atoms with Crippen molar-refractivity contribution in [1.29, 1.82) is 0 Å². The number of rotatable bonds is 4. The highest BCUT2D eigenvalue weighted by molar-refractivity contribution is 7.80. The van der Waals surface area contributed by atoms with Crippen molar-refractivity contribution >= 4 is 28.9 Å². The van der Waals surface area contributed by atoms with Gasteiger partial charge >= 0.3 is 0 Å². The number of aromatic nitrogens is 2. The molecule has 1 heterocycles. The molecule has 0 aliphatic carbocycles. The Kier molecular flexibility index (Phi) is 3.51. The summed E-state index contributed by atoms with van der Waals surface area (Å²) in [4.78, 5) is 18.8. The van der Waals surface area contributed by atoms with Gasteiger partial charge in [0.25, 0.3) is 0 Å². The zero-order valence-corrected chi connectivity index (χ0v) is 8.91. The third-order valence-corrected chi connectivity index (χ3v) is 1.90. The normalized spacial score (nSPS) is 11.8. The predicted octanol–water partition coefficient (Wildman–Crippen LogP) is -0.604. The summed E-state index contributed by atoms with van der Waals surface area (Å²) in [5.74, 6) is -0.0171. The zero-order valence-electron chi connectivity index (χ0n) is 8.10. The van der Waals surface area contributed by atoms with E-state index < -0.39 is 11.9 Å². The van der Waals surface area contributed by atoms with E-state index in [1.54, 1.807) is 6.92 Å². The predicted molar refractivity (Wildman–Crippen MR) is 60.2 cm³/mol. The maximum absolute atomic E-state index is 10.7. The molecule has 1 amide bonds. The molecule has 6 nitrogen and oxygen atoms in total. The van der Waals surface area contributed by atoms with Gasteiger partial charge in [-0.3, -0.25) is 4.79 Å². The molecular weight excluding hydrogens is 214 g/mol. The van der Waals surface area contributed by atoms with E-state index >= 15 is 0 Å². The van der Waals surface area contributed by atoms with Crippen LogP contribution in [0, 0.1) is 0 Å². The van der Waals surface area contributed by atoms with E-state index in [-0.39, 0.29) is 4.99 Å². The van der Waals surface area contributed by atoms with Crippen molar-refractivity contribution < 1.29 is 4.79 Å². The number of nitrogens with zero attached hydrogens (tertiary/aromatic N) is 2. The number of hydrogen-bond acceptors (Lipinski definition) is 5. The quantitative estimate of drug-likeness (QED) is 0.590. The SMILES string of the molecule is CC(Nc1cnc(C(N)=S)cn1)C(N)=O. The molecule has 1 aromatic heterocycles. The van der Waals surface area contributed by atoms with Crippen LogP contribution in [-0.2, 0) is 4.79 Å². The minimum absolute atomic E-state index is 0.178. The van der Waals surface area contributed by atoms with E-state index in [4.69, 9.17) is 23.7 Å². The number of thiocarbonyl (C=S) groups is 1. The topological polar surface area (TPSA) is 107 Å². The van der Waals surface area contributed by atoms with Gasteiger partial charge in [-0.1, -0.05) is 12.2 Å². The molecule has 0 fully saturated rings. The van der Waals surface area contributed by atoms with Gasteiger partial charge in [-0.15, -0.1) is 0 Å². The molecule has 1 atom stereocenters. The maximum atomic E-state index is 10.7. The fourth-order valence-corrected chi connectivity index (χ4v) is 0.928. The van der Waals surface area contributed by atoms with Crippen LogP contribution in [0.25, 0.3) is 0 Å². The van der Waals surface area contributed by atoms with Crippen LogP contribution in [0.3, 0.4) is 0 Å². The molecule has 0 aliphatic rings. The summed E-state index contributed by atoms with van der Waals surface area (Å²) in [5, 5.41) is 2.78. The van der Waals surface area contributed by atoms with Crippen LogP contribution in [-0.4, -0.2) is 26.9 Å². The fourth-order valence-electron chi connectivity index (χ4n) is 0.823. The van der Waals surface area contributed by atoms with Gasteiger partial charge in [-0.05, 0) is 6.92 Å². The first-order chi connectivity index (χ1) is 7.00. The zero-order chi connectivity index (χ0) is 11.4. The highest BCUT2D eigenvalue weighted by Crippen LogP contribution is 2.02. The number of amides is 1. The van der Waals surface area contributed by atoms with Crippen LogP contribution in [0.5, 0.6) is 0 Å². The third kappa shape index (κ3) is 3.13. The van der Waals surface area contributed by atoms with Crippen molar-refractivity contribution in [1.82, 2.24) is 9.97 Å². The molecule has 0 spiro atoms. The highest BCUT2D eigenvalue weighted by Gasteiger charge is 2.08. The molecule has 80 valence electrons. The number of anilines is 1. The molecule has 0 aromatic carbocycles. The first-order valence-electron chi connectivity index (χ1n) is 4.18. The summed E-state index contributed by atoms with van der Waals surface area (Å²) in [6.07, 6.45) is 2.87. The monoisotopic (exact) mass is 225 g/mol. The minimum atomic E-state index is -0.505. The van der Waals surface area contributed by atoms with Crippen molar-refractivity contribution in [2.45, 2.75) is 13.0 Å². The lowest BCUT2D eigenvalue weighted by Gasteiger charge is -2.09. The number of nitrogens with two attached hydrogens (primary N) is 2. The van der Waals surface area contributed by atoms with Crippen molar-refractivity contribution in [3.63, 3.8) is 0 Å². The van der Waals surface area contributed by atoms with Gasteiger partial charge in [-0.25, -0.2) is 9.97 Å². The first kappa shape index (κ1) is 11.3. The molecule has 0 aliphatic heterocycles. The average molecular weight is 225 g/mol. The Balaban J connectivity index is 2.72. The number of primary amides is 1. The molecule has 0 radical (unpaired) electrons. The van der Waals surface area contributed by atoms with E-state index in [0.29, 0.717) is 11.5 Å². The molecule has 0 bridgehead atoms. The fraction of sp³-hybridized carbons (Fsp3) is 0.250. The number of hydrogen-bond donors (Lipinski definition) is 3. The summed E-state index contributed by atoms with van der Waals surface area (Å²) in [6.45, 7) is 1.63. The molecule has 1 rings (SSSR count). The van der Waals surface area contributed by atoms with E-state index in [9.17, 15) is 4.79 Å². The summed E-state index contributed by atoms with van der Waals surface area (Å²) in [7, 11) is 0. The maximum Gasteiger partial charge on any atom is 0.239 e. The first-order valence-corrected chi connectivity index (χ1v) is 4.59.